The molecule has 2 heterocycles. The van der Waals surface area contributed by atoms with Gasteiger partial charge in [-0.3, -0.25) is 14.5 Å². The van der Waals surface area contributed by atoms with Crippen LogP contribution in [0, 0.1) is 0 Å². The first-order chi connectivity index (χ1) is 12.7. The summed E-state index contributed by atoms with van der Waals surface area (Å²) in [5.74, 6) is 0.743. The highest BCUT2D eigenvalue weighted by atomic mass is 16.5. The molecule has 0 radical (unpaired) electrons. The summed E-state index contributed by atoms with van der Waals surface area (Å²) in [4.78, 5) is 29.0. The van der Waals surface area contributed by atoms with Crippen molar-refractivity contribution >= 4 is 11.8 Å². The second kappa shape index (κ2) is 9.00. The van der Waals surface area contributed by atoms with Gasteiger partial charge < -0.3 is 19.7 Å². The van der Waals surface area contributed by atoms with Gasteiger partial charge in [0.25, 0.3) is 0 Å². The molecule has 2 aliphatic heterocycles. The minimum absolute atomic E-state index is 0.0215. The number of amides is 2. The van der Waals surface area contributed by atoms with E-state index in [1.807, 2.05) is 29.2 Å². The molecule has 1 aromatic rings. The fraction of sp³-hybridized carbons (Fsp3) is 0.579. The summed E-state index contributed by atoms with van der Waals surface area (Å²) in [6.45, 7) is 4.50. The molecule has 1 N–H and O–H groups in total. The highest BCUT2D eigenvalue weighted by Crippen LogP contribution is 2.18. The predicted octanol–water partition coefficient (Wildman–Crippen LogP) is 0.635. The van der Waals surface area contributed by atoms with Crippen LogP contribution < -0.4 is 10.1 Å². The summed E-state index contributed by atoms with van der Waals surface area (Å²) in [7, 11) is 1.64. The number of methoxy groups -OCH3 is 1. The van der Waals surface area contributed by atoms with Gasteiger partial charge in [0, 0.05) is 39.3 Å². The zero-order valence-corrected chi connectivity index (χ0v) is 15.3. The molecule has 1 aromatic carbocycles. The van der Waals surface area contributed by atoms with Crippen molar-refractivity contribution in [3.8, 4) is 5.75 Å². The van der Waals surface area contributed by atoms with Gasteiger partial charge in [-0.05, 0) is 24.1 Å². The molecular weight excluding hydrogens is 334 g/mol. The quantitative estimate of drug-likeness (QED) is 0.833. The molecule has 2 saturated heterocycles. The van der Waals surface area contributed by atoms with E-state index in [4.69, 9.17) is 9.47 Å². The van der Waals surface area contributed by atoms with Gasteiger partial charge >= 0.3 is 0 Å². The van der Waals surface area contributed by atoms with Crippen molar-refractivity contribution in [3.63, 3.8) is 0 Å². The zero-order valence-electron chi connectivity index (χ0n) is 15.3. The van der Waals surface area contributed by atoms with Crippen LogP contribution >= 0.6 is 0 Å². The Morgan fingerprint density at radius 1 is 1.31 bits per heavy atom. The van der Waals surface area contributed by atoms with Crippen molar-refractivity contribution in [3.05, 3.63) is 29.8 Å². The van der Waals surface area contributed by atoms with Crippen molar-refractivity contribution in [1.82, 2.24) is 15.1 Å². The number of benzene rings is 1. The number of piperazine rings is 1. The van der Waals surface area contributed by atoms with Gasteiger partial charge in [0.05, 0.1) is 26.2 Å². The third-order valence-electron chi connectivity index (χ3n) is 4.90. The molecule has 2 amide bonds. The largest absolute Gasteiger partial charge is 0.497 e. The van der Waals surface area contributed by atoms with Gasteiger partial charge in [0.2, 0.25) is 11.8 Å². The molecule has 26 heavy (non-hydrogen) atoms. The van der Waals surface area contributed by atoms with Gasteiger partial charge in [-0.25, -0.2) is 0 Å². The molecule has 3 rings (SSSR count). The SMILES string of the molecule is COc1cccc(CN2CCNC(=O)C2CC(=O)N2CCCOCC2)c1. The maximum absolute atomic E-state index is 12.7. The summed E-state index contributed by atoms with van der Waals surface area (Å²) in [5, 5.41) is 2.89. The molecule has 0 aromatic heterocycles. The van der Waals surface area contributed by atoms with Gasteiger partial charge in [-0.1, -0.05) is 12.1 Å². The summed E-state index contributed by atoms with van der Waals surface area (Å²) in [6.07, 6.45) is 1.05. The van der Waals surface area contributed by atoms with E-state index in [-0.39, 0.29) is 18.2 Å². The first-order valence-corrected chi connectivity index (χ1v) is 9.17. The van der Waals surface area contributed by atoms with E-state index in [0.717, 1.165) is 24.3 Å². The second-order valence-electron chi connectivity index (χ2n) is 6.68. The maximum atomic E-state index is 12.7. The highest BCUT2D eigenvalue weighted by molar-refractivity contribution is 5.88. The number of ether oxygens (including phenoxy) is 2. The lowest BCUT2D eigenvalue weighted by atomic mass is 10.1. The molecule has 2 aliphatic rings. The number of rotatable bonds is 5. The third-order valence-corrected chi connectivity index (χ3v) is 4.90. The Hall–Kier alpha value is -2.12. The molecule has 7 nitrogen and oxygen atoms in total. The van der Waals surface area contributed by atoms with Crippen molar-refractivity contribution in [1.29, 1.82) is 0 Å². The van der Waals surface area contributed by atoms with Gasteiger partial charge in [0.15, 0.2) is 0 Å². The molecule has 0 aliphatic carbocycles. The third kappa shape index (κ3) is 4.74. The summed E-state index contributed by atoms with van der Waals surface area (Å²) in [6, 6.07) is 7.38. The first kappa shape index (κ1) is 18.7. The molecule has 0 saturated carbocycles. The van der Waals surface area contributed by atoms with E-state index in [1.54, 1.807) is 7.11 Å². The molecule has 1 unspecified atom stereocenters. The number of carbonyl (C=O) groups excluding carboxylic acids is 2. The van der Waals surface area contributed by atoms with Crippen LogP contribution in [0.4, 0.5) is 0 Å². The van der Waals surface area contributed by atoms with E-state index in [0.29, 0.717) is 39.4 Å². The minimum Gasteiger partial charge on any atom is -0.497 e. The van der Waals surface area contributed by atoms with Crippen LogP contribution in [-0.4, -0.2) is 74.2 Å². The fourth-order valence-electron chi connectivity index (χ4n) is 3.47. The molecule has 2 fully saturated rings. The molecule has 142 valence electrons. The van der Waals surface area contributed by atoms with Crippen molar-refractivity contribution < 1.29 is 19.1 Å². The number of carbonyl (C=O) groups is 2. The number of hydrogen-bond acceptors (Lipinski definition) is 5. The van der Waals surface area contributed by atoms with Crippen molar-refractivity contribution in [2.45, 2.75) is 25.4 Å². The number of nitrogens with zero attached hydrogens (tertiary/aromatic N) is 2. The number of nitrogens with one attached hydrogen (secondary N) is 1. The normalized spacial score (nSPS) is 21.8. The van der Waals surface area contributed by atoms with Gasteiger partial charge in [0.1, 0.15) is 5.75 Å². The lowest BCUT2D eigenvalue weighted by Gasteiger charge is -2.35. The topological polar surface area (TPSA) is 71.1 Å². The minimum atomic E-state index is -0.438. The maximum Gasteiger partial charge on any atom is 0.237 e. The standard InChI is InChI=1S/C19H27N3O4/c1-25-16-5-2-4-15(12-16)14-22-8-6-20-19(24)17(22)13-18(23)21-7-3-10-26-11-9-21/h2,4-5,12,17H,3,6-11,13-14H2,1H3,(H,20,24). The lowest BCUT2D eigenvalue weighted by molar-refractivity contribution is -0.139. The van der Waals surface area contributed by atoms with E-state index in [1.165, 1.54) is 0 Å². The molecule has 0 spiro atoms. The van der Waals surface area contributed by atoms with Gasteiger partial charge in [-0.15, -0.1) is 0 Å². The summed E-state index contributed by atoms with van der Waals surface area (Å²) in [5.41, 5.74) is 1.07. The summed E-state index contributed by atoms with van der Waals surface area (Å²) >= 11 is 0. The van der Waals surface area contributed by atoms with Crippen LogP contribution in [0.5, 0.6) is 5.75 Å². The molecule has 1 atom stereocenters. The zero-order chi connectivity index (χ0) is 18.4. The van der Waals surface area contributed by atoms with Crippen LogP contribution in [-0.2, 0) is 20.9 Å². The van der Waals surface area contributed by atoms with E-state index >= 15 is 0 Å². The molecule has 0 bridgehead atoms. The fourth-order valence-corrected chi connectivity index (χ4v) is 3.47. The Morgan fingerprint density at radius 2 is 2.19 bits per heavy atom. The average molecular weight is 361 g/mol. The van der Waals surface area contributed by atoms with E-state index in [9.17, 15) is 9.59 Å². The Bertz CT molecular complexity index is 629. The Kier molecular flexibility index (Phi) is 6.46. The van der Waals surface area contributed by atoms with E-state index in [2.05, 4.69) is 10.2 Å². The monoisotopic (exact) mass is 361 g/mol. The Labute approximate surface area is 154 Å². The van der Waals surface area contributed by atoms with Crippen LogP contribution in [0.2, 0.25) is 0 Å². The average Bonchev–Trinajstić information content (AvgIpc) is 2.94. The Balaban J connectivity index is 1.67. The van der Waals surface area contributed by atoms with Crippen molar-refractivity contribution in [2.24, 2.45) is 0 Å². The van der Waals surface area contributed by atoms with Crippen molar-refractivity contribution in [2.75, 3.05) is 46.5 Å². The number of hydrogen-bond donors (Lipinski definition) is 1. The predicted molar refractivity (Wildman–Crippen MR) is 96.8 cm³/mol. The summed E-state index contributed by atoms with van der Waals surface area (Å²) < 4.78 is 10.7. The first-order valence-electron chi connectivity index (χ1n) is 9.17. The smallest absolute Gasteiger partial charge is 0.237 e. The van der Waals surface area contributed by atoms with E-state index < -0.39 is 6.04 Å². The van der Waals surface area contributed by atoms with Crippen LogP contribution in [0.15, 0.2) is 24.3 Å². The molecule has 7 heteroatoms. The second-order valence-corrected chi connectivity index (χ2v) is 6.68. The van der Waals surface area contributed by atoms with Crippen LogP contribution in [0.1, 0.15) is 18.4 Å². The van der Waals surface area contributed by atoms with Crippen LogP contribution in [0.3, 0.4) is 0 Å². The van der Waals surface area contributed by atoms with Crippen LogP contribution in [0.25, 0.3) is 0 Å². The lowest BCUT2D eigenvalue weighted by Crippen LogP contribution is -2.56. The highest BCUT2D eigenvalue weighted by Gasteiger charge is 2.33. The molecular formula is C19H27N3O4. The Morgan fingerprint density at radius 3 is 3.04 bits per heavy atom. The van der Waals surface area contributed by atoms with Gasteiger partial charge in [-0.2, -0.15) is 0 Å².